The van der Waals surface area contributed by atoms with Crippen LogP contribution in [0.4, 0.5) is 4.39 Å². The molecule has 2 rings (SSSR count). The summed E-state index contributed by atoms with van der Waals surface area (Å²) >= 11 is 0. The van der Waals surface area contributed by atoms with E-state index in [4.69, 9.17) is 4.74 Å². The quantitative estimate of drug-likeness (QED) is 0.860. The van der Waals surface area contributed by atoms with Crippen LogP contribution in [-0.4, -0.2) is 36.3 Å². The number of halogens is 1. The molecule has 19 heavy (non-hydrogen) atoms. The second-order valence-corrected chi connectivity index (χ2v) is 5.07. The second kappa shape index (κ2) is 6.87. The summed E-state index contributed by atoms with van der Waals surface area (Å²) in [6, 6.07) is 5.70. The molecule has 1 aromatic carbocycles. The van der Waals surface area contributed by atoms with Crippen molar-refractivity contribution in [3.05, 3.63) is 29.6 Å². The summed E-state index contributed by atoms with van der Waals surface area (Å²) in [4.78, 5) is 2.19. The standard InChI is InChI=1S/C15H22FNO2/c1-19-14-8-4-5-12(15(14)16)11-17(9-10-18)13-6-2-3-7-13/h4-5,8,13,18H,2-3,6-7,9-11H2,1H3. The summed E-state index contributed by atoms with van der Waals surface area (Å²) in [6.45, 7) is 1.25. The summed E-state index contributed by atoms with van der Waals surface area (Å²) < 4.78 is 19.2. The van der Waals surface area contributed by atoms with Crippen LogP contribution < -0.4 is 4.74 Å². The molecule has 0 bridgehead atoms. The van der Waals surface area contributed by atoms with Crippen molar-refractivity contribution >= 4 is 0 Å². The Morgan fingerprint density at radius 1 is 1.37 bits per heavy atom. The zero-order chi connectivity index (χ0) is 13.7. The highest BCUT2D eigenvalue weighted by Gasteiger charge is 2.23. The topological polar surface area (TPSA) is 32.7 Å². The SMILES string of the molecule is COc1cccc(CN(CCO)C2CCCC2)c1F. The zero-order valence-corrected chi connectivity index (χ0v) is 11.4. The highest BCUT2D eigenvalue weighted by atomic mass is 19.1. The van der Waals surface area contributed by atoms with Crippen LogP contribution in [-0.2, 0) is 6.54 Å². The summed E-state index contributed by atoms with van der Waals surface area (Å²) in [6.07, 6.45) is 4.75. The van der Waals surface area contributed by atoms with E-state index in [1.54, 1.807) is 12.1 Å². The summed E-state index contributed by atoms with van der Waals surface area (Å²) in [7, 11) is 1.48. The lowest BCUT2D eigenvalue weighted by molar-refractivity contribution is 0.143. The maximum absolute atomic E-state index is 14.1. The zero-order valence-electron chi connectivity index (χ0n) is 11.4. The van der Waals surface area contributed by atoms with Crippen molar-refractivity contribution in [3.63, 3.8) is 0 Å². The fraction of sp³-hybridized carbons (Fsp3) is 0.600. The number of benzene rings is 1. The highest BCUT2D eigenvalue weighted by Crippen LogP contribution is 2.27. The Labute approximate surface area is 114 Å². The van der Waals surface area contributed by atoms with Crippen LogP contribution in [0.3, 0.4) is 0 Å². The molecule has 1 aliphatic carbocycles. The molecular formula is C15H22FNO2. The van der Waals surface area contributed by atoms with Gasteiger partial charge in [-0.25, -0.2) is 4.39 Å². The molecule has 1 aliphatic rings. The van der Waals surface area contributed by atoms with E-state index >= 15 is 0 Å². The van der Waals surface area contributed by atoms with Gasteiger partial charge in [0.05, 0.1) is 13.7 Å². The second-order valence-electron chi connectivity index (χ2n) is 5.07. The summed E-state index contributed by atoms with van der Waals surface area (Å²) in [5.41, 5.74) is 0.639. The lowest BCUT2D eigenvalue weighted by Crippen LogP contribution is -2.35. The molecule has 106 valence electrons. The van der Waals surface area contributed by atoms with E-state index in [2.05, 4.69) is 4.90 Å². The van der Waals surface area contributed by atoms with Crippen molar-refractivity contribution in [1.82, 2.24) is 4.90 Å². The van der Waals surface area contributed by atoms with E-state index < -0.39 is 0 Å². The number of aliphatic hydroxyl groups excluding tert-OH is 1. The summed E-state index contributed by atoms with van der Waals surface area (Å²) in [5, 5.41) is 9.18. The van der Waals surface area contributed by atoms with E-state index in [1.807, 2.05) is 6.07 Å². The largest absolute Gasteiger partial charge is 0.494 e. The maximum Gasteiger partial charge on any atom is 0.169 e. The van der Waals surface area contributed by atoms with Gasteiger partial charge < -0.3 is 9.84 Å². The van der Waals surface area contributed by atoms with Crippen LogP contribution in [0.15, 0.2) is 18.2 Å². The summed E-state index contributed by atoms with van der Waals surface area (Å²) in [5.74, 6) is -0.00110. The average Bonchev–Trinajstić information content (AvgIpc) is 2.94. The minimum absolute atomic E-state index is 0.113. The van der Waals surface area contributed by atoms with Gasteiger partial charge >= 0.3 is 0 Å². The van der Waals surface area contributed by atoms with Crippen molar-refractivity contribution in [3.8, 4) is 5.75 Å². The molecular weight excluding hydrogens is 245 g/mol. The highest BCUT2D eigenvalue weighted by molar-refractivity contribution is 5.31. The molecule has 0 saturated heterocycles. The average molecular weight is 267 g/mol. The van der Waals surface area contributed by atoms with Gasteiger partial charge in [-0.2, -0.15) is 0 Å². The molecule has 0 amide bonds. The van der Waals surface area contributed by atoms with Gasteiger partial charge in [-0.1, -0.05) is 25.0 Å². The lowest BCUT2D eigenvalue weighted by Gasteiger charge is -2.28. The minimum atomic E-state index is -0.286. The molecule has 0 aliphatic heterocycles. The van der Waals surface area contributed by atoms with E-state index in [1.165, 1.54) is 20.0 Å². The van der Waals surface area contributed by atoms with Gasteiger partial charge in [-0.15, -0.1) is 0 Å². The van der Waals surface area contributed by atoms with Gasteiger partial charge in [0, 0.05) is 24.7 Å². The molecule has 1 N–H and O–H groups in total. The molecule has 1 fully saturated rings. The number of hydrogen-bond acceptors (Lipinski definition) is 3. The van der Waals surface area contributed by atoms with Crippen molar-refractivity contribution < 1.29 is 14.2 Å². The molecule has 0 radical (unpaired) electrons. The third-order valence-corrected chi connectivity index (χ3v) is 3.86. The molecule has 4 heteroatoms. The van der Waals surface area contributed by atoms with Crippen LogP contribution in [0.5, 0.6) is 5.75 Å². The van der Waals surface area contributed by atoms with E-state index in [0.717, 1.165) is 12.8 Å². The Balaban J connectivity index is 2.11. The lowest BCUT2D eigenvalue weighted by atomic mass is 10.1. The third kappa shape index (κ3) is 3.45. The van der Waals surface area contributed by atoms with Crippen LogP contribution in [0, 0.1) is 5.82 Å². The first-order valence-corrected chi connectivity index (χ1v) is 6.92. The fourth-order valence-electron chi connectivity index (χ4n) is 2.84. The Morgan fingerprint density at radius 2 is 2.11 bits per heavy atom. The Hall–Kier alpha value is -1.13. The molecule has 0 unspecified atom stereocenters. The van der Waals surface area contributed by atoms with Crippen molar-refractivity contribution in [1.29, 1.82) is 0 Å². The maximum atomic E-state index is 14.1. The van der Waals surface area contributed by atoms with E-state index in [9.17, 15) is 9.50 Å². The predicted molar refractivity (Wildman–Crippen MR) is 72.7 cm³/mol. The number of nitrogens with zero attached hydrogens (tertiary/aromatic N) is 1. The van der Waals surface area contributed by atoms with Crippen LogP contribution >= 0.6 is 0 Å². The van der Waals surface area contributed by atoms with Crippen molar-refractivity contribution in [2.24, 2.45) is 0 Å². The molecule has 0 heterocycles. The number of methoxy groups -OCH3 is 1. The normalized spacial score (nSPS) is 16.2. The molecule has 1 aromatic rings. The van der Waals surface area contributed by atoms with Gasteiger partial charge in [-0.3, -0.25) is 4.90 Å². The third-order valence-electron chi connectivity index (χ3n) is 3.86. The smallest absolute Gasteiger partial charge is 0.169 e. The van der Waals surface area contributed by atoms with E-state index in [-0.39, 0.29) is 18.2 Å². The number of aliphatic hydroxyl groups is 1. The monoisotopic (exact) mass is 267 g/mol. The van der Waals surface area contributed by atoms with Gasteiger partial charge in [0.2, 0.25) is 0 Å². The molecule has 0 aromatic heterocycles. The number of hydrogen-bond donors (Lipinski definition) is 1. The number of ether oxygens (including phenoxy) is 1. The molecule has 0 atom stereocenters. The van der Waals surface area contributed by atoms with Crippen LogP contribution in [0.25, 0.3) is 0 Å². The van der Waals surface area contributed by atoms with Crippen LogP contribution in [0.1, 0.15) is 31.2 Å². The molecule has 1 saturated carbocycles. The van der Waals surface area contributed by atoms with Crippen LogP contribution in [0.2, 0.25) is 0 Å². The Kier molecular flexibility index (Phi) is 5.16. The Bertz CT molecular complexity index is 405. The van der Waals surface area contributed by atoms with Crippen molar-refractivity contribution in [2.75, 3.05) is 20.3 Å². The van der Waals surface area contributed by atoms with Crippen molar-refractivity contribution in [2.45, 2.75) is 38.3 Å². The fourth-order valence-corrected chi connectivity index (χ4v) is 2.84. The first-order valence-electron chi connectivity index (χ1n) is 6.92. The Morgan fingerprint density at radius 3 is 2.74 bits per heavy atom. The first kappa shape index (κ1) is 14.3. The molecule has 3 nitrogen and oxygen atoms in total. The van der Waals surface area contributed by atoms with E-state index in [0.29, 0.717) is 24.7 Å². The minimum Gasteiger partial charge on any atom is -0.494 e. The van der Waals surface area contributed by atoms with Gasteiger partial charge in [-0.05, 0) is 18.9 Å². The van der Waals surface area contributed by atoms with Gasteiger partial charge in [0.1, 0.15) is 0 Å². The number of rotatable bonds is 6. The first-order chi connectivity index (χ1) is 9.26. The predicted octanol–water partition coefficient (Wildman–Crippen LogP) is 2.57. The molecule has 0 spiro atoms. The van der Waals surface area contributed by atoms with Gasteiger partial charge in [0.15, 0.2) is 11.6 Å². The van der Waals surface area contributed by atoms with Gasteiger partial charge in [0.25, 0.3) is 0 Å².